The van der Waals surface area contributed by atoms with Crippen LogP contribution in [0.3, 0.4) is 0 Å². The van der Waals surface area contributed by atoms with E-state index in [4.69, 9.17) is 16.3 Å². The summed E-state index contributed by atoms with van der Waals surface area (Å²) in [7, 11) is 0. The molecule has 3 nitrogen and oxygen atoms in total. The van der Waals surface area contributed by atoms with Gasteiger partial charge in [-0.15, -0.1) is 11.6 Å². The molecule has 0 aliphatic heterocycles. The zero-order valence-corrected chi connectivity index (χ0v) is 11.9. The molecule has 1 N–H and O–H groups in total. The standard InChI is InChI=1S/C13H26ClNO2/c1-12(2)11-13(16)15-8-10-17-9-6-4-3-5-7-14/h12H,3-11H2,1-2H3,(H,15,16). The van der Waals surface area contributed by atoms with Gasteiger partial charge >= 0.3 is 0 Å². The third-order valence-corrected chi connectivity index (χ3v) is 2.60. The van der Waals surface area contributed by atoms with Gasteiger partial charge < -0.3 is 10.1 Å². The number of alkyl halides is 1. The zero-order valence-electron chi connectivity index (χ0n) is 11.1. The number of carbonyl (C=O) groups excluding carboxylic acids is 1. The van der Waals surface area contributed by atoms with Crippen molar-refractivity contribution in [3.05, 3.63) is 0 Å². The van der Waals surface area contributed by atoms with Crippen molar-refractivity contribution >= 4 is 17.5 Å². The number of amides is 1. The first-order chi connectivity index (χ1) is 8.16. The normalized spacial score (nSPS) is 10.8. The van der Waals surface area contributed by atoms with Gasteiger partial charge in [0.1, 0.15) is 0 Å². The number of hydrogen-bond donors (Lipinski definition) is 1. The highest BCUT2D eigenvalue weighted by Crippen LogP contribution is 2.01. The average molecular weight is 264 g/mol. The van der Waals surface area contributed by atoms with Crippen molar-refractivity contribution in [1.29, 1.82) is 0 Å². The van der Waals surface area contributed by atoms with Gasteiger partial charge in [0.25, 0.3) is 0 Å². The molecule has 17 heavy (non-hydrogen) atoms. The lowest BCUT2D eigenvalue weighted by molar-refractivity contribution is -0.122. The van der Waals surface area contributed by atoms with Gasteiger partial charge in [-0.2, -0.15) is 0 Å². The molecular formula is C13H26ClNO2. The number of hydrogen-bond acceptors (Lipinski definition) is 2. The van der Waals surface area contributed by atoms with Gasteiger partial charge in [-0.3, -0.25) is 4.79 Å². The Bertz CT molecular complexity index is 186. The van der Waals surface area contributed by atoms with E-state index < -0.39 is 0 Å². The molecule has 0 unspecified atom stereocenters. The molecule has 0 aliphatic rings. The number of rotatable bonds is 11. The Balaban J connectivity index is 3.10. The highest BCUT2D eigenvalue weighted by atomic mass is 35.5. The summed E-state index contributed by atoms with van der Waals surface area (Å²) in [5, 5.41) is 2.84. The average Bonchev–Trinajstić information content (AvgIpc) is 2.26. The molecule has 0 saturated heterocycles. The predicted molar refractivity (Wildman–Crippen MR) is 72.5 cm³/mol. The van der Waals surface area contributed by atoms with Gasteiger partial charge in [0.15, 0.2) is 0 Å². The molecule has 0 bridgehead atoms. The Labute approximate surface area is 110 Å². The number of unbranched alkanes of at least 4 members (excludes halogenated alkanes) is 3. The molecule has 0 radical (unpaired) electrons. The fourth-order valence-electron chi connectivity index (χ4n) is 1.46. The minimum atomic E-state index is 0.116. The molecule has 0 aromatic heterocycles. The largest absolute Gasteiger partial charge is 0.380 e. The van der Waals surface area contributed by atoms with Gasteiger partial charge in [-0.05, 0) is 18.8 Å². The molecule has 0 fully saturated rings. The Kier molecular flexibility index (Phi) is 12.0. The van der Waals surface area contributed by atoms with Crippen LogP contribution in [-0.2, 0) is 9.53 Å². The third-order valence-electron chi connectivity index (χ3n) is 2.33. The van der Waals surface area contributed by atoms with Crippen molar-refractivity contribution in [2.45, 2.75) is 46.0 Å². The Hall–Kier alpha value is -0.280. The van der Waals surface area contributed by atoms with Crippen molar-refractivity contribution < 1.29 is 9.53 Å². The van der Waals surface area contributed by atoms with Crippen molar-refractivity contribution in [1.82, 2.24) is 5.32 Å². The zero-order chi connectivity index (χ0) is 12.9. The smallest absolute Gasteiger partial charge is 0.220 e. The van der Waals surface area contributed by atoms with Crippen molar-refractivity contribution in [2.24, 2.45) is 5.92 Å². The molecule has 0 saturated carbocycles. The number of nitrogens with one attached hydrogen (secondary N) is 1. The first kappa shape index (κ1) is 16.7. The summed E-state index contributed by atoms with van der Waals surface area (Å²) in [6.45, 7) is 6.09. The van der Waals surface area contributed by atoms with E-state index >= 15 is 0 Å². The molecule has 0 rings (SSSR count). The maximum Gasteiger partial charge on any atom is 0.220 e. The Morgan fingerprint density at radius 1 is 1.18 bits per heavy atom. The van der Waals surface area contributed by atoms with Gasteiger partial charge in [-0.1, -0.05) is 26.7 Å². The van der Waals surface area contributed by atoms with E-state index in [1.54, 1.807) is 0 Å². The van der Waals surface area contributed by atoms with Gasteiger partial charge in [-0.25, -0.2) is 0 Å². The minimum Gasteiger partial charge on any atom is -0.380 e. The number of ether oxygens (including phenoxy) is 1. The van der Waals surface area contributed by atoms with Crippen LogP contribution in [0.15, 0.2) is 0 Å². The molecule has 0 heterocycles. The SMILES string of the molecule is CC(C)CC(=O)NCCOCCCCCCCl. The molecule has 0 aromatic carbocycles. The molecule has 0 spiro atoms. The molecule has 4 heteroatoms. The maximum atomic E-state index is 11.3. The fraction of sp³-hybridized carbons (Fsp3) is 0.923. The molecular weight excluding hydrogens is 238 g/mol. The fourth-order valence-corrected chi connectivity index (χ4v) is 1.65. The van der Waals surface area contributed by atoms with Crippen molar-refractivity contribution in [3.8, 4) is 0 Å². The summed E-state index contributed by atoms with van der Waals surface area (Å²) in [5.74, 6) is 1.28. The lowest BCUT2D eigenvalue weighted by Gasteiger charge is -2.07. The predicted octanol–water partition coefficient (Wildman–Crippen LogP) is 2.96. The van der Waals surface area contributed by atoms with Gasteiger partial charge in [0.2, 0.25) is 5.91 Å². The van der Waals surface area contributed by atoms with E-state index in [2.05, 4.69) is 5.32 Å². The Morgan fingerprint density at radius 3 is 2.53 bits per heavy atom. The van der Waals surface area contributed by atoms with Crippen LogP contribution < -0.4 is 5.32 Å². The second-order valence-corrected chi connectivity index (χ2v) is 5.04. The second kappa shape index (κ2) is 12.2. The van der Waals surface area contributed by atoms with Crippen LogP contribution in [0.2, 0.25) is 0 Å². The van der Waals surface area contributed by atoms with E-state index in [1.165, 1.54) is 12.8 Å². The van der Waals surface area contributed by atoms with Crippen LogP contribution in [0.4, 0.5) is 0 Å². The molecule has 0 aliphatic carbocycles. The van der Waals surface area contributed by atoms with Gasteiger partial charge in [0.05, 0.1) is 6.61 Å². The molecule has 0 aromatic rings. The summed E-state index contributed by atoms with van der Waals surface area (Å²) in [5.41, 5.74) is 0. The lowest BCUT2D eigenvalue weighted by atomic mass is 10.1. The summed E-state index contributed by atoms with van der Waals surface area (Å²) in [4.78, 5) is 11.3. The summed E-state index contributed by atoms with van der Waals surface area (Å²) in [6.07, 6.45) is 5.12. The van der Waals surface area contributed by atoms with Crippen LogP contribution in [-0.4, -0.2) is 31.5 Å². The molecule has 102 valence electrons. The monoisotopic (exact) mass is 263 g/mol. The summed E-state index contributed by atoms with van der Waals surface area (Å²) < 4.78 is 5.42. The highest BCUT2D eigenvalue weighted by Gasteiger charge is 2.02. The van der Waals surface area contributed by atoms with Crippen LogP contribution in [0.1, 0.15) is 46.0 Å². The van der Waals surface area contributed by atoms with E-state index in [-0.39, 0.29) is 5.91 Å². The van der Waals surface area contributed by atoms with Crippen LogP contribution in [0.5, 0.6) is 0 Å². The Morgan fingerprint density at radius 2 is 1.88 bits per heavy atom. The van der Waals surface area contributed by atoms with E-state index in [0.717, 1.165) is 25.3 Å². The quantitative estimate of drug-likeness (QED) is 0.460. The maximum absolute atomic E-state index is 11.3. The number of carbonyl (C=O) groups is 1. The van der Waals surface area contributed by atoms with Crippen molar-refractivity contribution in [2.75, 3.05) is 25.6 Å². The third kappa shape index (κ3) is 13.7. The van der Waals surface area contributed by atoms with E-state index in [0.29, 0.717) is 25.5 Å². The summed E-state index contributed by atoms with van der Waals surface area (Å²) in [6, 6.07) is 0. The first-order valence-corrected chi connectivity index (χ1v) is 7.10. The van der Waals surface area contributed by atoms with Crippen LogP contribution in [0, 0.1) is 5.92 Å². The lowest BCUT2D eigenvalue weighted by Crippen LogP contribution is -2.28. The van der Waals surface area contributed by atoms with E-state index in [1.807, 2.05) is 13.8 Å². The van der Waals surface area contributed by atoms with E-state index in [9.17, 15) is 4.79 Å². The topological polar surface area (TPSA) is 38.3 Å². The minimum absolute atomic E-state index is 0.116. The number of halogens is 1. The van der Waals surface area contributed by atoms with Crippen LogP contribution >= 0.6 is 11.6 Å². The van der Waals surface area contributed by atoms with Crippen molar-refractivity contribution in [3.63, 3.8) is 0 Å². The first-order valence-electron chi connectivity index (χ1n) is 6.57. The second-order valence-electron chi connectivity index (χ2n) is 4.66. The van der Waals surface area contributed by atoms with Gasteiger partial charge in [0, 0.05) is 25.5 Å². The highest BCUT2D eigenvalue weighted by molar-refractivity contribution is 6.17. The molecule has 1 amide bonds. The summed E-state index contributed by atoms with van der Waals surface area (Å²) >= 11 is 5.58. The van der Waals surface area contributed by atoms with Crippen LogP contribution in [0.25, 0.3) is 0 Å². The molecule has 0 atom stereocenters.